The van der Waals surface area contributed by atoms with Crippen LogP contribution in [0.5, 0.6) is 0 Å². The van der Waals surface area contributed by atoms with Gasteiger partial charge >= 0.3 is 5.97 Å². The molecule has 0 saturated heterocycles. The molecule has 3 rings (SSSR count). The Morgan fingerprint density at radius 1 is 1.26 bits per heavy atom. The Morgan fingerprint density at radius 2 is 1.95 bits per heavy atom. The number of thioether (sulfide) groups is 1. The monoisotopic (exact) mass is 591 g/mol. The number of nitrogens with one attached hydrogen (secondary N) is 1. The molecule has 4 N–H and O–H groups in total. The number of nitrogens with zero attached hydrogens (tertiary/aromatic N) is 3. The van der Waals surface area contributed by atoms with E-state index < -0.39 is 48.5 Å². The topological polar surface area (TPSA) is 145 Å². The molecule has 1 aliphatic rings. The highest BCUT2D eigenvalue weighted by molar-refractivity contribution is 7.98. The van der Waals surface area contributed by atoms with E-state index in [1.807, 2.05) is 12.3 Å². The van der Waals surface area contributed by atoms with Gasteiger partial charge in [0.25, 0.3) is 5.91 Å². The predicted octanol–water partition coefficient (Wildman–Crippen LogP) is 1.89. The summed E-state index contributed by atoms with van der Waals surface area (Å²) in [5.74, 6) is -2.51. The van der Waals surface area contributed by atoms with Crippen molar-refractivity contribution in [1.29, 1.82) is 0 Å². The zero-order valence-electron chi connectivity index (χ0n) is 21.4. The summed E-state index contributed by atoms with van der Waals surface area (Å²) in [7, 11) is 1.41. The van der Waals surface area contributed by atoms with Gasteiger partial charge in [0.05, 0.1) is 17.4 Å². The van der Waals surface area contributed by atoms with Gasteiger partial charge in [-0.15, -0.1) is 0 Å². The minimum absolute atomic E-state index is 0.0495. The molecule has 1 aliphatic heterocycles. The number of halogens is 1. The lowest BCUT2D eigenvalue weighted by molar-refractivity contribution is -0.142. The molecule has 0 bridgehead atoms. The molecule has 3 atom stereocenters. The fourth-order valence-corrected chi connectivity index (χ4v) is 4.82. The summed E-state index contributed by atoms with van der Waals surface area (Å²) in [6, 6.07) is 11.7. The maximum Gasteiger partial charge on any atom is 0.326 e. The first-order valence-electron chi connectivity index (χ1n) is 12.0. The first-order valence-corrected chi connectivity index (χ1v) is 14.4. The predicted molar refractivity (Wildman–Crippen MR) is 157 cm³/mol. The second kappa shape index (κ2) is 13.8. The average Bonchev–Trinajstić information content (AvgIpc) is 3.04. The van der Waals surface area contributed by atoms with Crippen molar-refractivity contribution >= 4 is 71.1 Å². The molecule has 2 aromatic rings. The van der Waals surface area contributed by atoms with Crippen LogP contribution in [-0.4, -0.2) is 89.0 Å². The van der Waals surface area contributed by atoms with E-state index in [4.69, 9.17) is 22.3 Å². The molecule has 208 valence electrons. The van der Waals surface area contributed by atoms with E-state index in [1.165, 1.54) is 23.7 Å². The quantitative estimate of drug-likeness (QED) is 0.292. The van der Waals surface area contributed by atoms with Gasteiger partial charge < -0.3 is 21.1 Å². The SMILES string of the molecule is CSCC[C@H](NC(=O)CN1C(=O)C(N(C)C(=O)C(N)CS)N=C(c2ccccc2)c2cc(Cl)ccc21)C(=O)O. The Labute approximate surface area is 241 Å². The summed E-state index contributed by atoms with van der Waals surface area (Å²) >= 11 is 11.9. The van der Waals surface area contributed by atoms with E-state index in [1.54, 1.807) is 42.5 Å². The summed E-state index contributed by atoms with van der Waals surface area (Å²) < 4.78 is 0. The van der Waals surface area contributed by atoms with Crippen LogP contribution in [0.1, 0.15) is 17.5 Å². The molecular weight excluding hydrogens is 562 g/mol. The van der Waals surface area contributed by atoms with Crippen molar-refractivity contribution in [2.45, 2.75) is 24.7 Å². The van der Waals surface area contributed by atoms with Gasteiger partial charge in [-0.3, -0.25) is 19.3 Å². The number of thiol groups is 1. The number of aliphatic imine (C=N–C) groups is 1. The lowest BCUT2D eigenvalue weighted by atomic mass is 10.00. The first kappa shape index (κ1) is 30.5. The molecule has 0 fully saturated rings. The van der Waals surface area contributed by atoms with Crippen LogP contribution in [0.2, 0.25) is 5.02 Å². The van der Waals surface area contributed by atoms with E-state index in [9.17, 15) is 24.3 Å². The fraction of sp³-hybridized carbons (Fsp3) is 0.346. The second-order valence-corrected chi connectivity index (χ2v) is 10.6. The number of nitrogens with two attached hydrogens (primary N) is 1. The first-order chi connectivity index (χ1) is 18.6. The van der Waals surface area contributed by atoms with Crippen LogP contribution >= 0.6 is 36.0 Å². The van der Waals surface area contributed by atoms with E-state index in [2.05, 4.69) is 17.9 Å². The maximum atomic E-state index is 14.0. The zero-order valence-corrected chi connectivity index (χ0v) is 23.9. The summed E-state index contributed by atoms with van der Waals surface area (Å²) in [5.41, 5.74) is 7.76. The van der Waals surface area contributed by atoms with Crippen LogP contribution in [-0.2, 0) is 19.2 Å². The molecule has 0 radical (unpaired) electrons. The number of carbonyl (C=O) groups excluding carboxylic acids is 3. The van der Waals surface area contributed by atoms with Gasteiger partial charge in [-0.2, -0.15) is 24.4 Å². The van der Waals surface area contributed by atoms with E-state index in [-0.39, 0.29) is 12.2 Å². The number of carbonyl (C=O) groups is 4. The number of fused-ring (bicyclic) bond motifs is 1. The summed E-state index contributed by atoms with van der Waals surface area (Å²) in [5, 5.41) is 12.4. The Hall–Kier alpha value is -3.06. The molecular formula is C26H30ClN5O5S2. The minimum Gasteiger partial charge on any atom is -0.480 e. The molecule has 0 aliphatic carbocycles. The number of hydrogen-bond acceptors (Lipinski definition) is 8. The maximum absolute atomic E-state index is 14.0. The van der Waals surface area contributed by atoms with Crippen LogP contribution in [0.3, 0.4) is 0 Å². The minimum atomic E-state index is -1.37. The average molecular weight is 592 g/mol. The Kier molecular flexibility index (Phi) is 10.8. The number of carboxylic acid groups (broad SMARTS) is 1. The highest BCUT2D eigenvalue weighted by atomic mass is 35.5. The number of rotatable bonds is 11. The molecule has 2 aromatic carbocycles. The van der Waals surface area contributed by atoms with Crippen molar-refractivity contribution in [3.63, 3.8) is 0 Å². The van der Waals surface area contributed by atoms with Crippen LogP contribution in [0.15, 0.2) is 53.5 Å². The van der Waals surface area contributed by atoms with Gasteiger partial charge in [-0.25, -0.2) is 9.79 Å². The highest BCUT2D eigenvalue weighted by Crippen LogP contribution is 2.31. The summed E-state index contributed by atoms with van der Waals surface area (Å²) in [6.07, 6.45) is 0.676. The molecule has 1 heterocycles. The lowest BCUT2D eigenvalue weighted by Gasteiger charge is -2.30. The molecule has 0 aromatic heterocycles. The van der Waals surface area contributed by atoms with Crippen molar-refractivity contribution in [1.82, 2.24) is 10.2 Å². The number of aliphatic carboxylic acids is 1. The van der Waals surface area contributed by atoms with Crippen molar-refractivity contribution in [3.05, 3.63) is 64.7 Å². The fourth-order valence-electron chi connectivity index (χ4n) is 4.02. The van der Waals surface area contributed by atoms with Gasteiger partial charge in [0.1, 0.15) is 12.6 Å². The number of benzodiazepines with no additional fused rings is 1. The smallest absolute Gasteiger partial charge is 0.326 e. The number of amides is 3. The van der Waals surface area contributed by atoms with Gasteiger partial charge in [-0.1, -0.05) is 41.9 Å². The van der Waals surface area contributed by atoms with Crippen molar-refractivity contribution < 1.29 is 24.3 Å². The molecule has 3 amide bonds. The standard InChI is InChI=1S/C26H30ClN5O5S2/c1-31(24(34)18(28)14-38)23-25(35)32(13-21(33)29-19(26(36)37)10-11-39-2)20-9-8-16(27)12-17(20)22(30-23)15-6-4-3-5-7-15/h3-9,12,18-19,23,38H,10-11,13-14,28H2,1-2H3,(H,29,33)(H,36,37)/t18?,19-,23?/m0/s1. The molecule has 39 heavy (non-hydrogen) atoms. The van der Waals surface area contributed by atoms with Crippen LogP contribution in [0.25, 0.3) is 0 Å². The van der Waals surface area contributed by atoms with Crippen LogP contribution < -0.4 is 16.0 Å². The second-order valence-electron chi connectivity index (χ2n) is 8.78. The Bertz CT molecular complexity index is 1260. The van der Waals surface area contributed by atoms with E-state index in [0.29, 0.717) is 33.3 Å². The molecule has 10 nitrogen and oxygen atoms in total. The Balaban J connectivity index is 2.11. The van der Waals surface area contributed by atoms with E-state index in [0.717, 1.165) is 4.90 Å². The van der Waals surface area contributed by atoms with Crippen molar-refractivity contribution in [2.24, 2.45) is 10.7 Å². The number of carboxylic acids is 1. The van der Waals surface area contributed by atoms with Gasteiger partial charge in [0.15, 0.2) is 0 Å². The normalized spacial score (nSPS) is 16.4. The highest BCUT2D eigenvalue weighted by Gasteiger charge is 2.38. The number of likely N-dealkylation sites (N-methyl/N-ethyl adjacent to an activating group) is 1. The summed E-state index contributed by atoms with van der Waals surface area (Å²) in [4.78, 5) is 58.8. The zero-order chi connectivity index (χ0) is 28.7. The van der Waals surface area contributed by atoms with Crippen LogP contribution in [0.4, 0.5) is 5.69 Å². The molecule has 0 spiro atoms. The third kappa shape index (κ3) is 7.33. The number of anilines is 1. The van der Waals surface area contributed by atoms with E-state index >= 15 is 0 Å². The van der Waals surface area contributed by atoms with Gasteiger partial charge in [0, 0.05) is 29.0 Å². The van der Waals surface area contributed by atoms with Gasteiger partial charge in [-0.05, 0) is 36.6 Å². The third-order valence-corrected chi connectivity index (χ3v) is 7.34. The van der Waals surface area contributed by atoms with Crippen molar-refractivity contribution in [2.75, 3.05) is 36.3 Å². The summed E-state index contributed by atoms with van der Waals surface area (Å²) in [6.45, 7) is -0.509. The van der Waals surface area contributed by atoms with Crippen molar-refractivity contribution in [3.8, 4) is 0 Å². The number of benzene rings is 2. The third-order valence-electron chi connectivity index (χ3n) is 6.06. The van der Waals surface area contributed by atoms with Crippen LogP contribution in [0, 0.1) is 0 Å². The lowest BCUT2D eigenvalue weighted by Crippen LogP contribution is -2.55. The van der Waals surface area contributed by atoms with Gasteiger partial charge in [0.2, 0.25) is 18.0 Å². The molecule has 0 saturated carbocycles. The molecule has 2 unspecified atom stereocenters. The largest absolute Gasteiger partial charge is 0.480 e. The number of hydrogen-bond donors (Lipinski definition) is 4. The Morgan fingerprint density at radius 3 is 2.56 bits per heavy atom. The molecule has 13 heteroatoms.